The van der Waals surface area contributed by atoms with E-state index >= 15 is 0 Å². The number of rotatable bonds is 4. The van der Waals surface area contributed by atoms with Crippen LogP contribution in [0, 0.1) is 5.92 Å². The third kappa shape index (κ3) is 12.0. The van der Waals surface area contributed by atoms with Gasteiger partial charge in [0.25, 0.3) is 0 Å². The number of piperidine rings is 1. The summed E-state index contributed by atoms with van der Waals surface area (Å²) in [6, 6.07) is 0. The standard InChI is InChI=1S/C12H20N2O.C3H8.C2H6/c1-3-5-10(2)8-14-12(15)11-6-4-7-13-9-11;1-3-2;1-2/h3,5,11,13H,2,4,6-9H2,1H3,(H,14,15);3H2,1-2H3;1-2H3/b5-3-;;. The van der Waals surface area contributed by atoms with Gasteiger partial charge in [-0.1, -0.05) is 52.8 Å². The van der Waals surface area contributed by atoms with E-state index in [1.54, 1.807) is 0 Å². The first-order chi connectivity index (χ1) is 9.65. The number of carbonyl (C=O) groups excluding carboxylic acids is 1. The van der Waals surface area contributed by atoms with Gasteiger partial charge < -0.3 is 10.6 Å². The van der Waals surface area contributed by atoms with Gasteiger partial charge in [0.05, 0.1) is 5.92 Å². The van der Waals surface area contributed by atoms with Crippen LogP contribution < -0.4 is 10.6 Å². The molecule has 0 aliphatic carbocycles. The van der Waals surface area contributed by atoms with Gasteiger partial charge in [0, 0.05) is 13.1 Å². The van der Waals surface area contributed by atoms with Gasteiger partial charge in [0.15, 0.2) is 0 Å². The molecular formula is C17H34N2O. The van der Waals surface area contributed by atoms with Crippen molar-refractivity contribution in [3.8, 4) is 0 Å². The number of nitrogens with one attached hydrogen (secondary N) is 2. The van der Waals surface area contributed by atoms with Crippen LogP contribution in [0.3, 0.4) is 0 Å². The summed E-state index contributed by atoms with van der Waals surface area (Å²) in [5, 5.41) is 6.14. The molecule has 0 bridgehead atoms. The lowest BCUT2D eigenvalue weighted by Gasteiger charge is -2.21. The third-order valence-corrected chi connectivity index (χ3v) is 2.56. The fourth-order valence-corrected chi connectivity index (χ4v) is 1.72. The lowest BCUT2D eigenvalue weighted by atomic mass is 9.99. The first kappa shape index (κ1) is 21.2. The molecule has 118 valence electrons. The van der Waals surface area contributed by atoms with Gasteiger partial charge in [-0.3, -0.25) is 4.79 Å². The van der Waals surface area contributed by atoms with E-state index in [0.717, 1.165) is 31.5 Å². The molecule has 3 heteroatoms. The molecule has 0 radical (unpaired) electrons. The van der Waals surface area contributed by atoms with Crippen LogP contribution in [0.4, 0.5) is 0 Å². The molecule has 0 saturated carbocycles. The van der Waals surface area contributed by atoms with Crippen molar-refractivity contribution in [3.05, 3.63) is 24.3 Å². The van der Waals surface area contributed by atoms with Crippen molar-refractivity contribution in [3.63, 3.8) is 0 Å². The fourth-order valence-electron chi connectivity index (χ4n) is 1.72. The predicted octanol–water partition coefficient (Wildman–Crippen LogP) is 3.68. The van der Waals surface area contributed by atoms with Gasteiger partial charge >= 0.3 is 0 Å². The van der Waals surface area contributed by atoms with Crippen molar-refractivity contribution in [1.82, 2.24) is 10.6 Å². The molecule has 0 aromatic rings. The molecule has 1 atom stereocenters. The van der Waals surface area contributed by atoms with Crippen LogP contribution >= 0.6 is 0 Å². The van der Waals surface area contributed by atoms with E-state index in [1.807, 2.05) is 32.9 Å². The third-order valence-electron chi connectivity index (χ3n) is 2.56. The first-order valence-electron chi connectivity index (χ1n) is 7.94. The maximum atomic E-state index is 11.7. The van der Waals surface area contributed by atoms with E-state index in [9.17, 15) is 4.79 Å². The van der Waals surface area contributed by atoms with Gasteiger partial charge in [-0.15, -0.1) is 0 Å². The first-order valence-corrected chi connectivity index (χ1v) is 7.94. The number of hydrogen-bond donors (Lipinski definition) is 2. The molecule has 1 aliphatic heterocycles. The average molecular weight is 282 g/mol. The lowest BCUT2D eigenvalue weighted by Crippen LogP contribution is -2.40. The molecule has 1 aliphatic rings. The molecule has 1 rings (SSSR count). The second-order valence-electron chi connectivity index (χ2n) is 4.63. The van der Waals surface area contributed by atoms with Gasteiger partial charge in [0.1, 0.15) is 0 Å². The Balaban J connectivity index is 0. The zero-order valence-corrected chi connectivity index (χ0v) is 14.1. The summed E-state index contributed by atoms with van der Waals surface area (Å²) in [5.41, 5.74) is 0.939. The summed E-state index contributed by atoms with van der Waals surface area (Å²) in [5.74, 6) is 0.282. The minimum absolute atomic E-state index is 0.136. The molecule has 20 heavy (non-hydrogen) atoms. The van der Waals surface area contributed by atoms with Crippen molar-refractivity contribution in [2.75, 3.05) is 19.6 Å². The molecule has 1 saturated heterocycles. The summed E-state index contributed by atoms with van der Waals surface area (Å²) in [7, 11) is 0. The largest absolute Gasteiger partial charge is 0.352 e. The molecule has 3 nitrogen and oxygen atoms in total. The van der Waals surface area contributed by atoms with Crippen LogP contribution in [0.15, 0.2) is 24.3 Å². The Morgan fingerprint density at radius 3 is 2.45 bits per heavy atom. The average Bonchev–Trinajstić information content (AvgIpc) is 2.49. The summed E-state index contributed by atoms with van der Waals surface area (Å²) < 4.78 is 0. The van der Waals surface area contributed by atoms with Crippen LogP contribution in [0.2, 0.25) is 0 Å². The van der Waals surface area contributed by atoms with Gasteiger partial charge in [0.2, 0.25) is 5.91 Å². The Bertz CT molecular complexity index is 266. The Labute approximate surface area is 125 Å². The molecule has 1 heterocycles. The molecule has 1 fully saturated rings. The molecule has 1 amide bonds. The fraction of sp³-hybridized carbons (Fsp3) is 0.706. The highest BCUT2D eigenvalue weighted by atomic mass is 16.1. The SMILES string of the molecule is C=C(/C=C\C)CNC(=O)C1CCCNC1.CC.CCC. The van der Waals surface area contributed by atoms with Crippen LogP contribution in [0.25, 0.3) is 0 Å². The quantitative estimate of drug-likeness (QED) is 0.772. The monoisotopic (exact) mass is 282 g/mol. The van der Waals surface area contributed by atoms with Gasteiger partial charge in [-0.25, -0.2) is 0 Å². The van der Waals surface area contributed by atoms with Crippen molar-refractivity contribution < 1.29 is 4.79 Å². The zero-order valence-electron chi connectivity index (χ0n) is 14.1. The van der Waals surface area contributed by atoms with E-state index in [0.29, 0.717) is 6.54 Å². The number of carbonyl (C=O) groups is 1. The van der Waals surface area contributed by atoms with Crippen LogP contribution in [0.1, 0.15) is 53.9 Å². The van der Waals surface area contributed by atoms with Gasteiger partial charge in [-0.05, 0) is 31.9 Å². The second kappa shape index (κ2) is 16.0. The Hall–Kier alpha value is -1.09. The van der Waals surface area contributed by atoms with Crippen molar-refractivity contribution in [2.24, 2.45) is 5.92 Å². The minimum atomic E-state index is 0.136. The topological polar surface area (TPSA) is 41.1 Å². The smallest absolute Gasteiger partial charge is 0.224 e. The molecular weight excluding hydrogens is 248 g/mol. The van der Waals surface area contributed by atoms with E-state index in [4.69, 9.17) is 0 Å². The van der Waals surface area contributed by atoms with E-state index in [2.05, 4.69) is 31.1 Å². The Kier molecular flexibility index (Phi) is 16.9. The molecule has 2 N–H and O–H groups in total. The van der Waals surface area contributed by atoms with E-state index in [1.165, 1.54) is 6.42 Å². The number of allylic oxidation sites excluding steroid dienone is 1. The van der Waals surface area contributed by atoms with E-state index in [-0.39, 0.29) is 11.8 Å². The maximum Gasteiger partial charge on any atom is 0.224 e. The van der Waals surface area contributed by atoms with Crippen molar-refractivity contribution >= 4 is 5.91 Å². The molecule has 0 spiro atoms. The summed E-state index contributed by atoms with van der Waals surface area (Å²) in [6.07, 6.45) is 7.18. The number of amides is 1. The van der Waals surface area contributed by atoms with E-state index < -0.39 is 0 Å². The Morgan fingerprint density at radius 2 is 2.00 bits per heavy atom. The molecule has 1 unspecified atom stereocenters. The van der Waals surface area contributed by atoms with Crippen molar-refractivity contribution in [1.29, 1.82) is 0 Å². The van der Waals surface area contributed by atoms with Crippen LogP contribution in [-0.4, -0.2) is 25.5 Å². The predicted molar refractivity (Wildman–Crippen MR) is 89.9 cm³/mol. The lowest BCUT2D eigenvalue weighted by molar-refractivity contribution is -0.125. The summed E-state index contributed by atoms with van der Waals surface area (Å²) in [6.45, 7) is 16.4. The highest BCUT2D eigenvalue weighted by Gasteiger charge is 2.20. The maximum absolute atomic E-state index is 11.7. The number of hydrogen-bond acceptors (Lipinski definition) is 2. The highest BCUT2D eigenvalue weighted by molar-refractivity contribution is 5.79. The second-order valence-corrected chi connectivity index (χ2v) is 4.63. The molecule has 0 aromatic heterocycles. The summed E-state index contributed by atoms with van der Waals surface area (Å²) in [4.78, 5) is 11.7. The van der Waals surface area contributed by atoms with Gasteiger partial charge in [-0.2, -0.15) is 0 Å². The zero-order chi connectivity index (χ0) is 15.8. The van der Waals surface area contributed by atoms with Crippen LogP contribution in [-0.2, 0) is 4.79 Å². The molecule has 0 aromatic carbocycles. The normalized spacial score (nSPS) is 17.4. The highest BCUT2D eigenvalue weighted by Crippen LogP contribution is 2.09. The van der Waals surface area contributed by atoms with Crippen molar-refractivity contribution in [2.45, 2.75) is 53.9 Å². The van der Waals surface area contributed by atoms with Crippen LogP contribution in [0.5, 0.6) is 0 Å². The summed E-state index contributed by atoms with van der Waals surface area (Å²) >= 11 is 0. The Morgan fingerprint density at radius 1 is 1.40 bits per heavy atom. The minimum Gasteiger partial charge on any atom is -0.352 e.